The molecule has 0 saturated heterocycles. The Morgan fingerprint density at radius 3 is 2.41 bits per heavy atom. The molecule has 2 aliphatic rings. The molecule has 1 unspecified atom stereocenters. The third-order valence-corrected chi connectivity index (χ3v) is 5.35. The molecule has 0 aliphatic heterocycles. The maximum atomic E-state index is 11.7. The van der Waals surface area contributed by atoms with E-state index in [-0.39, 0.29) is 16.6 Å². The fraction of sp³-hybridized carbons (Fsp3) is 0.667. The molecule has 1 nitrogen and oxygen atoms in total. The third kappa shape index (κ3) is 1.89. The second-order valence-electron chi connectivity index (χ2n) is 6.30. The third-order valence-electron chi connectivity index (χ3n) is 4.89. The molecular formula is C15H21ClO. The number of hydrogen-bond donors (Lipinski definition) is 0. The van der Waals surface area contributed by atoms with Crippen LogP contribution in [0.15, 0.2) is 22.3 Å². The van der Waals surface area contributed by atoms with Gasteiger partial charge in [0.2, 0.25) is 0 Å². The minimum absolute atomic E-state index is 0.0176. The minimum Gasteiger partial charge on any atom is -0.295 e. The predicted molar refractivity (Wildman–Crippen MR) is 72.0 cm³/mol. The molecule has 1 atom stereocenters. The molecule has 1 spiro atoms. The smallest absolute Gasteiger partial charge is 0.156 e. The van der Waals surface area contributed by atoms with Gasteiger partial charge < -0.3 is 0 Å². The number of carbonyl (C=O) groups excluding carboxylic acids is 1. The monoisotopic (exact) mass is 252 g/mol. The van der Waals surface area contributed by atoms with Gasteiger partial charge in [-0.3, -0.25) is 4.79 Å². The quantitative estimate of drug-likeness (QED) is 0.615. The lowest BCUT2D eigenvalue weighted by Crippen LogP contribution is -2.44. The lowest BCUT2D eigenvalue weighted by molar-refractivity contribution is -0.119. The van der Waals surface area contributed by atoms with E-state index in [1.807, 2.05) is 6.08 Å². The average Bonchev–Trinajstić information content (AvgIpc) is 2.19. The Balaban J connectivity index is 2.49. The molecule has 2 rings (SSSR count). The summed E-state index contributed by atoms with van der Waals surface area (Å²) in [6.45, 7) is 8.65. The van der Waals surface area contributed by atoms with E-state index in [9.17, 15) is 4.79 Å². The first kappa shape index (κ1) is 12.9. The number of carbonyl (C=O) groups is 1. The first-order valence-electron chi connectivity index (χ1n) is 6.34. The minimum atomic E-state index is 0.0176. The van der Waals surface area contributed by atoms with Crippen molar-refractivity contribution in [2.75, 3.05) is 0 Å². The van der Waals surface area contributed by atoms with Gasteiger partial charge in [-0.15, -0.1) is 0 Å². The van der Waals surface area contributed by atoms with Crippen molar-refractivity contribution in [1.82, 2.24) is 0 Å². The van der Waals surface area contributed by atoms with Crippen LogP contribution < -0.4 is 0 Å². The molecule has 2 aliphatic carbocycles. The number of hydrogen-bond acceptors (Lipinski definition) is 1. The van der Waals surface area contributed by atoms with Crippen molar-refractivity contribution < 1.29 is 4.79 Å². The van der Waals surface area contributed by atoms with Crippen LogP contribution in [0.25, 0.3) is 0 Å². The van der Waals surface area contributed by atoms with Crippen molar-refractivity contribution in [2.45, 2.75) is 53.4 Å². The molecule has 0 bridgehead atoms. The number of rotatable bonds is 0. The Kier molecular flexibility index (Phi) is 3.02. The lowest BCUT2D eigenvalue weighted by atomic mass is 9.52. The number of halogens is 1. The average molecular weight is 253 g/mol. The zero-order valence-electron chi connectivity index (χ0n) is 11.2. The maximum absolute atomic E-state index is 11.7. The number of allylic oxidation sites excluding steroid dienone is 4. The lowest BCUT2D eigenvalue weighted by Gasteiger charge is -2.52. The summed E-state index contributed by atoms with van der Waals surface area (Å²) in [5.41, 5.74) is 2.66. The summed E-state index contributed by atoms with van der Waals surface area (Å²) in [4.78, 5) is 11.7. The van der Waals surface area contributed by atoms with Crippen molar-refractivity contribution in [1.29, 1.82) is 0 Å². The highest BCUT2D eigenvalue weighted by Crippen LogP contribution is 2.59. The molecule has 0 amide bonds. The van der Waals surface area contributed by atoms with Gasteiger partial charge in [0, 0.05) is 16.9 Å². The van der Waals surface area contributed by atoms with Crippen molar-refractivity contribution in [3.05, 3.63) is 22.3 Å². The molecule has 0 fully saturated rings. The standard InChI is InChI=1S/C15H21ClO/c1-10-5-6-15(9-13(10)16)11(2)7-12(17)8-14(15,3)4/h7H,5-6,8-9H2,1-4H3. The van der Waals surface area contributed by atoms with Crippen LogP contribution in [0, 0.1) is 10.8 Å². The number of ketones is 1. The summed E-state index contributed by atoms with van der Waals surface area (Å²) in [5.74, 6) is 0.264. The van der Waals surface area contributed by atoms with Gasteiger partial charge in [-0.2, -0.15) is 0 Å². The van der Waals surface area contributed by atoms with Gasteiger partial charge in [-0.05, 0) is 44.6 Å². The van der Waals surface area contributed by atoms with Gasteiger partial charge in [0.15, 0.2) is 5.78 Å². The summed E-state index contributed by atoms with van der Waals surface area (Å²) in [7, 11) is 0. The van der Waals surface area contributed by atoms with Crippen LogP contribution in [-0.4, -0.2) is 5.78 Å². The Labute approximate surface area is 109 Å². The van der Waals surface area contributed by atoms with Crippen LogP contribution in [0.1, 0.15) is 53.4 Å². The first-order valence-corrected chi connectivity index (χ1v) is 6.72. The first-order chi connectivity index (χ1) is 7.78. The van der Waals surface area contributed by atoms with E-state index in [1.165, 1.54) is 11.1 Å². The summed E-state index contributed by atoms with van der Waals surface area (Å²) >= 11 is 6.39. The summed E-state index contributed by atoms with van der Waals surface area (Å²) < 4.78 is 0. The van der Waals surface area contributed by atoms with E-state index in [4.69, 9.17) is 11.6 Å². The summed E-state index contributed by atoms with van der Waals surface area (Å²) in [5, 5.41) is 1.01. The van der Waals surface area contributed by atoms with E-state index in [2.05, 4.69) is 27.7 Å². The van der Waals surface area contributed by atoms with Crippen LogP contribution in [0.4, 0.5) is 0 Å². The van der Waals surface area contributed by atoms with Gasteiger partial charge in [-0.25, -0.2) is 0 Å². The SMILES string of the molecule is CC1=CC(=O)CC(C)(C)C12CCC(C)=C(Cl)C2. The molecule has 94 valence electrons. The molecule has 0 radical (unpaired) electrons. The van der Waals surface area contributed by atoms with Crippen LogP contribution in [0.5, 0.6) is 0 Å². The molecule has 0 N–H and O–H groups in total. The Bertz CT molecular complexity index is 428. The van der Waals surface area contributed by atoms with Gasteiger partial charge in [0.05, 0.1) is 0 Å². The van der Waals surface area contributed by atoms with E-state index in [1.54, 1.807) is 0 Å². The Morgan fingerprint density at radius 1 is 1.24 bits per heavy atom. The van der Waals surface area contributed by atoms with Crippen LogP contribution >= 0.6 is 11.6 Å². The molecule has 17 heavy (non-hydrogen) atoms. The van der Waals surface area contributed by atoms with Gasteiger partial charge in [0.1, 0.15) is 0 Å². The topological polar surface area (TPSA) is 17.1 Å². The molecule has 0 heterocycles. The summed E-state index contributed by atoms with van der Waals surface area (Å²) in [6, 6.07) is 0. The van der Waals surface area contributed by atoms with Crippen molar-refractivity contribution in [2.24, 2.45) is 10.8 Å². The van der Waals surface area contributed by atoms with E-state index in [0.29, 0.717) is 6.42 Å². The maximum Gasteiger partial charge on any atom is 0.156 e. The van der Waals surface area contributed by atoms with Gasteiger partial charge in [-0.1, -0.05) is 36.6 Å². The molecule has 0 aromatic heterocycles. The molecule has 0 aromatic rings. The van der Waals surface area contributed by atoms with Crippen LogP contribution in [-0.2, 0) is 4.79 Å². The zero-order chi connectivity index (χ0) is 12.8. The zero-order valence-corrected chi connectivity index (χ0v) is 11.9. The van der Waals surface area contributed by atoms with E-state index >= 15 is 0 Å². The Morgan fingerprint density at radius 2 is 1.88 bits per heavy atom. The fourth-order valence-corrected chi connectivity index (χ4v) is 3.85. The molecule has 0 saturated carbocycles. The molecule has 2 heteroatoms. The van der Waals surface area contributed by atoms with Gasteiger partial charge >= 0.3 is 0 Å². The second kappa shape index (κ2) is 3.98. The Hall–Kier alpha value is -0.560. The van der Waals surface area contributed by atoms with Crippen molar-refractivity contribution >= 4 is 17.4 Å². The second-order valence-corrected chi connectivity index (χ2v) is 6.75. The van der Waals surface area contributed by atoms with Crippen molar-refractivity contribution in [3.63, 3.8) is 0 Å². The van der Waals surface area contributed by atoms with Crippen LogP contribution in [0.3, 0.4) is 0 Å². The van der Waals surface area contributed by atoms with E-state index < -0.39 is 0 Å². The van der Waals surface area contributed by atoms with E-state index in [0.717, 1.165) is 24.3 Å². The highest BCUT2D eigenvalue weighted by molar-refractivity contribution is 6.30. The summed E-state index contributed by atoms with van der Waals surface area (Å²) in [6.07, 6.45) is 5.58. The van der Waals surface area contributed by atoms with Crippen LogP contribution in [0.2, 0.25) is 0 Å². The molecule has 0 aromatic carbocycles. The van der Waals surface area contributed by atoms with Crippen molar-refractivity contribution in [3.8, 4) is 0 Å². The molecular weight excluding hydrogens is 232 g/mol. The highest BCUT2D eigenvalue weighted by atomic mass is 35.5. The highest BCUT2D eigenvalue weighted by Gasteiger charge is 2.50. The normalized spacial score (nSPS) is 33.0. The predicted octanol–water partition coefficient (Wildman–Crippen LogP) is 4.61. The fourth-order valence-electron chi connectivity index (χ4n) is 3.52. The van der Waals surface area contributed by atoms with Gasteiger partial charge in [0.25, 0.3) is 0 Å². The largest absolute Gasteiger partial charge is 0.295 e.